The maximum atomic E-state index is 12.2. The zero-order valence-corrected chi connectivity index (χ0v) is 19.4. The number of carboxylic acid groups (broad SMARTS) is 2. The largest absolute Gasteiger partial charge is 0.478 e. The zero-order chi connectivity index (χ0) is 26.7. The number of hydrogen-bond acceptors (Lipinski definition) is 9. The van der Waals surface area contributed by atoms with Crippen LogP contribution < -0.4 is 16.2 Å². The van der Waals surface area contributed by atoms with Crippen LogP contribution in [-0.2, 0) is 20.2 Å². The molecule has 0 saturated carbocycles. The highest BCUT2D eigenvalue weighted by Crippen LogP contribution is 2.54. The number of aromatic carboxylic acids is 2. The van der Waals surface area contributed by atoms with Crippen LogP contribution in [0.4, 0.5) is 11.4 Å². The van der Waals surface area contributed by atoms with Gasteiger partial charge in [-0.3, -0.25) is 9.11 Å². The second kappa shape index (κ2) is 8.20. The summed E-state index contributed by atoms with van der Waals surface area (Å²) in [7, 11) is -10.1. The first-order valence-electron chi connectivity index (χ1n) is 9.71. The van der Waals surface area contributed by atoms with E-state index in [2.05, 4.69) is 0 Å². The van der Waals surface area contributed by atoms with E-state index in [0.29, 0.717) is 0 Å². The van der Waals surface area contributed by atoms with Gasteiger partial charge in [-0.25, -0.2) is 9.59 Å². The van der Waals surface area contributed by atoms with Crippen LogP contribution in [0.25, 0.3) is 0 Å². The van der Waals surface area contributed by atoms with E-state index in [0.717, 1.165) is 30.3 Å². The molecule has 0 aromatic heterocycles. The highest BCUT2D eigenvalue weighted by atomic mass is 32.2. The van der Waals surface area contributed by atoms with Crippen LogP contribution in [0.1, 0.15) is 43.3 Å². The number of nitrogen functional groups attached to an aromatic ring is 2. The Morgan fingerprint density at radius 2 is 1.17 bits per heavy atom. The third kappa shape index (κ3) is 3.99. The number of carboxylic acids is 2. The van der Waals surface area contributed by atoms with Gasteiger partial charge in [0.25, 0.3) is 20.2 Å². The quantitative estimate of drug-likeness (QED) is 0.158. The Morgan fingerprint density at radius 3 is 1.56 bits per heavy atom. The van der Waals surface area contributed by atoms with E-state index >= 15 is 0 Å². The first-order valence-corrected chi connectivity index (χ1v) is 12.6. The smallest absolute Gasteiger partial charge is 0.336 e. The lowest BCUT2D eigenvalue weighted by Crippen LogP contribution is -2.20. The van der Waals surface area contributed by atoms with Crippen LogP contribution in [0, 0.1) is 0 Å². The van der Waals surface area contributed by atoms with Gasteiger partial charge in [0.15, 0.2) is 21.3 Å². The Labute approximate surface area is 203 Å². The van der Waals surface area contributed by atoms with Crippen LogP contribution in [-0.4, -0.2) is 48.1 Å². The molecule has 0 unspecified atom stereocenters. The third-order valence-electron chi connectivity index (χ3n) is 5.53. The lowest BCUT2D eigenvalue weighted by molar-refractivity contribution is 0.0695. The summed E-state index contributed by atoms with van der Waals surface area (Å²) in [6.07, 6.45) is 0. The summed E-state index contributed by atoms with van der Waals surface area (Å²) in [4.78, 5) is 21.6. The minimum atomic E-state index is -5.07. The number of fused-ring (bicyclic) bond motifs is 2. The maximum absolute atomic E-state index is 12.2. The Morgan fingerprint density at radius 1 is 0.722 bits per heavy atom. The molecule has 0 radical (unpaired) electrons. The lowest BCUT2D eigenvalue weighted by Gasteiger charge is -2.32. The molecule has 3 aromatic rings. The molecule has 1 aliphatic heterocycles. The SMILES string of the molecule is Nc1ccc2c(c1S(=O)(=O)O)Oc1c(ccc(N)c1S(=O)(=O)O)C2c1ccc(C(=O)O)cc1C(=O)O. The molecule has 0 saturated heterocycles. The van der Waals surface area contributed by atoms with Crippen molar-refractivity contribution in [3.8, 4) is 11.5 Å². The predicted molar refractivity (Wildman–Crippen MR) is 123 cm³/mol. The van der Waals surface area contributed by atoms with Crippen molar-refractivity contribution in [1.82, 2.24) is 0 Å². The van der Waals surface area contributed by atoms with Gasteiger partial charge < -0.3 is 26.4 Å². The van der Waals surface area contributed by atoms with Gasteiger partial charge in [-0.1, -0.05) is 18.2 Å². The highest BCUT2D eigenvalue weighted by molar-refractivity contribution is 7.86. The number of benzene rings is 3. The Balaban J connectivity index is 2.20. The van der Waals surface area contributed by atoms with Crippen LogP contribution in [0.2, 0.25) is 0 Å². The summed E-state index contributed by atoms with van der Waals surface area (Å²) in [5.74, 6) is -5.52. The molecule has 1 heterocycles. The molecule has 0 atom stereocenters. The van der Waals surface area contributed by atoms with E-state index in [-0.39, 0.29) is 22.3 Å². The molecule has 8 N–H and O–H groups in total. The molecule has 0 spiro atoms. The van der Waals surface area contributed by atoms with Crippen molar-refractivity contribution in [3.05, 3.63) is 70.3 Å². The number of hydrogen-bond donors (Lipinski definition) is 6. The number of rotatable bonds is 5. The number of nitrogens with two attached hydrogens (primary N) is 2. The van der Waals surface area contributed by atoms with Gasteiger partial charge in [0, 0.05) is 17.0 Å². The molecule has 188 valence electrons. The standard InChI is InChI=1S/C21H16N2O11S2/c22-13-5-3-10-15(9-2-1-8(20(24)25)7-12(9)21(26)27)11-4-6-14(23)19(36(31,32)33)17(11)34-16(10)18(13)35(28,29)30/h1-7,15H,22-23H2,(H,24,25)(H,26,27)(H,28,29,30)(H,31,32,33). The summed E-state index contributed by atoms with van der Waals surface area (Å²) in [5.41, 5.74) is 9.48. The molecule has 0 fully saturated rings. The number of ether oxygens (including phenoxy) is 1. The minimum absolute atomic E-state index is 0.0547. The fraction of sp³-hybridized carbons (Fsp3) is 0.0476. The molecule has 0 amide bonds. The average molecular weight is 536 g/mol. The minimum Gasteiger partial charge on any atom is -0.478 e. The zero-order valence-electron chi connectivity index (χ0n) is 17.7. The van der Waals surface area contributed by atoms with E-state index in [1.54, 1.807) is 0 Å². The van der Waals surface area contributed by atoms with E-state index < -0.39 is 76.3 Å². The molecule has 3 aromatic carbocycles. The second-order valence-corrected chi connectivity index (χ2v) is 10.4. The Hall–Kier alpha value is -4.18. The van der Waals surface area contributed by atoms with Crippen molar-refractivity contribution in [3.63, 3.8) is 0 Å². The van der Waals surface area contributed by atoms with Crippen LogP contribution in [0.3, 0.4) is 0 Å². The fourth-order valence-electron chi connectivity index (χ4n) is 4.11. The number of anilines is 2. The summed E-state index contributed by atoms with van der Waals surface area (Å²) in [6, 6.07) is 7.88. The van der Waals surface area contributed by atoms with Gasteiger partial charge in [0.1, 0.15) is 0 Å². The summed E-state index contributed by atoms with van der Waals surface area (Å²) >= 11 is 0. The van der Waals surface area contributed by atoms with E-state index in [1.807, 2.05) is 0 Å². The van der Waals surface area contributed by atoms with Crippen molar-refractivity contribution in [1.29, 1.82) is 0 Å². The summed E-state index contributed by atoms with van der Waals surface area (Å²) < 4.78 is 73.9. The van der Waals surface area contributed by atoms with Gasteiger partial charge in [0.2, 0.25) is 0 Å². The summed E-state index contributed by atoms with van der Waals surface area (Å²) in [6.45, 7) is 0. The summed E-state index contributed by atoms with van der Waals surface area (Å²) in [5, 5.41) is 19.1. The van der Waals surface area contributed by atoms with Crippen LogP contribution in [0.5, 0.6) is 11.5 Å². The van der Waals surface area contributed by atoms with Gasteiger partial charge >= 0.3 is 11.9 Å². The molecule has 1 aliphatic rings. The molecule has 4 rings (SSSR count). The maximum Gasteiger partial charge on any atom is 0.336 e. The Bertz CT molecular complexity index is 1610. The second-order valence-electron chi connectivity index (χ2n) is 7.70. The first-order chi connectivity index (χ1) is 16.6. The molecule has 36 heavy (non-hydrogen) atoms. The van der Waals surface area contributed by atoms with E-state index in [4.69, 9.17) is 16.2 Å². The number of carbonyl (C=O) groups is 2. The molecule has 13 nitrogen and oxygen atoms in total. The van der Waals surface area contributed by atoms with Crippen molar-refractivity contribution in [2.75, 3.05) is 11.5 Å². The topological polar surface area (TPSA) is 245 Å². The van der Waals surface area contributed by atoms with Crippen molar-refractivity contribution < 1.29 is 50.5 Å². The van der Waals surface area contributed by atoms with Crippen molar-refractivity contribution in [2.24, 2.45) is 0 Å². The monoisotopic (exact) mass is 536 g/mol. The van der Waals surface area contributed by atoms with Gasteiger partial charge in [0.05, 0.1) is 22.5 Å². The Kier molecular flexibility index (Phi) is 5.68. The molecule has 0 aliphatic carbocycles. The molecular formula is C21H16N2O11S2. The van der Waals surface area contributed by atoms with E-state index in [1.165, 1.54) is 12.1 Å². The van der Waals surface area contributed by atoms with Crippen molar-refractivity contribution >= 4 is 43.5 Å². The van der Waals surface area contributed by atoms with E-state index in [9.17, 15) is 45.7 Å². The molecule has 0 bridgehead atoms. The predicted octanol–water partition coefficient (Wildman–Crippen LogP) is 2.03. The van der Waals surface area contributed by atoms with Gasteiger partial charge in [-0.2, -0.15) is 16.8 Å². The van der Waals surface area contributed by atoms with Gasteiger partial charge in [-0.15, -0.1) is 0 Å². The van der Waals surface area contributed by atoms with Crippen LogP contribution in [0.15, 0.2) is 52.3 Å². The molecular weight excluding hydrogens is 520 g/mol. The molecule has 15 heteroatoms. The van der Waals surface area contributed by atoms with Gasteiger partial charge in [-0.05, 0) is 29.8 Å². The van der Waals surface area contributed by atoms with Crippen LogP contribution >= 0.6 is 0 Å². The lowest BCUT2D eigenvalue weighted by atomic mass is 9.80. The fourth-order valence-corrected chi connectivity index (χ4v) is 5.63. The first kappa shape index (κ1) is 24.9. The highest BCUT2D eigenvalue weighted by Gasteiger charge is 2.39. The third-order valence-corrected chi connectivity index (χ3v) is 7.40. The van der Waals surface area contributed by atoms with Crippen molar-refractivity contribution in [2.45, 2.75) is 15.7 Å². The normalized spacial score (nSPS) is 13.4. The average Bonchev–Trinajstić information content (AvgIpc) is 2.74.